The number of aliphatic hydroxyl groups is 1. The molecule has 4 rings (SSSR count). The van der Waals surface area contributed by atoms with Crippen LogP contribution in [0.4, 0.5) is 5.69 Å². The minimum absolute atomic E-state index is 0.0204. The number of aryl methyl sites for hydroxylation is 2. The van der Waals surface area contributed by atoms with Crippen LogP contribution < -0.4 is 5.32 Å². The van der Waals surface area contributed by atoms with Crippen molar-refractivity contribution in [2.45, 2.75) is 64.6 Å². The number of nitrogens with zero attached hydrogens (tertiary/aromatic N) is 2. The highest BCUT2D eigenvalue weighted by Gasteiger charge is 2.47. The predicted molar refractivity (Wildman–Crippen MR) is 126 cm³/mol. The van der Waals surface area contributed by atoms with Crippen LogP contribution in [-0.2, 0) is 16.2 Å². The molecule has 2 aromatic carbocycles. The van der Waals surface area contributed by atoms with Crippen molar-refractivity contribution in [3.05, 3.63) is 64.7 Å². The van der Waals surface area contributed by atoms with Crippen LogP contribution in [0.2, 0.25) is 0 Å². The summed E-state index contributed by atoms with van der Waals surface area (Å²) in [4.78, 5) is 33.1. The summed E-state index contributed by atoms with van der Waals surface area (Å²) in [5, 5.41) is 12.3. The van der Waals surface area contributed by atoms with E-state index in [2.05, 4.69) is 5.32 Å². The Hall–Kier alpha value is -2.99. The Morgan fingerprint density at radius 1 is 1.03 bits per heavy atom. The predicted octanol–water partition coefficient (Wildman–Crippen LogP) is 4.12. The van der Waals surface area contributed by atoms with Crippen LogP contribution in [0.1, 0.15) is 60.8 Å². The fourth-order valence-corrected chi connectivity index (χ4v) is 4.65. The van der Waals surface area contributed by atoms with Gasteiger partial charge in [-0.3, -0.25) is 14.6 Å². The van der Waals surface area contributed by atoms with E-state index in [-0.39, 0.29) is 25.0 Å². The van der Waals surface area contributed by atoms with Crippen molar-refractivity contribution in [2.24, 2.45) is 4.99 Å². The van der Waals surface area contributed by atoms with Gasteiger partial charge in [-0.15, -0.1) is 0 Å². The molecule has 0 bridgehead atoms. The van der Waals surface area contributed by atoms with Gasteiger partial charge in [-0.1, -0.05) is 43.2 Å². The Labute approximate surface area is 189 Å². The lowest BCUT2D eigenvalue weighted by molar-refractivity contribution is -0.133. The van der Waals surface area contributed by atoms with E-state index >= 15 is 0 Å². The SMILES string of the molecule is Cc1ccc(NC(=O)CN2C(=O)C(c3ccc(CO)cc3)=NC23CCCCCC3)cc1C. The first-order valence-corrected chi connectivity index (χ1v) is 11.4. The average Bonchev–Trinajstić information content (AvgIpc) is 2.93. The van der Waals surface area contributed by atoms with Crippen molar-refractivity contribution in [2.75, 3.05) is 11.9 Å². The van der Waals surface area contributed by atoms with Gasteiger partial charge >= 0.3 is 0 Å². The maximum Gasteiger partial charge on any atom is 0.275 e. The smallest absolute Gasteiger partial charge is 0.275 e. The fraction of sp³-hybridized carbons (Fsp3) is 0.423. The quantitative estimate of drug-likeness (QED) is 0.744. The zero-order valence-electron chi connectivity index (χ0n) is 18.9. The maximum atomic E-state index is 13.5. The second-order valence-electron chi connectivity index (χ2n) is 8.95. The molecule has 1 aliphatic heterocycles. The molecular weight excluding hydrogens is 402 g/mol. The van der Waals surface area contributed by atoms with Crippen LogP contribution in [0.5, 0.6) is 0 Å². The lowest BCUT2D eigenvalue weighted by Crippen LogP contribution is -2.50. The van der Waals surface area contributed by atoms with E-state index in [1.807, 2.05) is 44.2 Å². The van der Waals surface area contributed by atoms with E-state index in [9.17, 15) is 14.7 Å². The van der Waals surface area contributed by atoms with Crippen LogP contribution in [0.3, 0.4) is 0 Å². The van der Waals surface area contributed by atoms with Gasteiger partial charge in [-0.05, 0) is 68.4 Å². The van der Waals surface area contributed by atoms with Crippen molar-refractivity contribution in [1.29, 1.82) is 0 Å². The topological polar surface area (TPSA) is 82.0 Å². The maximum absolute atomic E-state index is 13.5. The Morgan fingerprint density at radius 2 is 1.72 bits per heavy atom. The molecule has 168 valence electrons. The lowest BCUT2D eigenvalue weighted by Gasteiger charge is -2.35. The number of carbonyl (C=O) groups excluding carboxylic acids is 2. The van der Waals surface area contributed by atoms with E-state index in [1.54, 1.807) is 17.0 Å². The Kier molecular flexibility index (Phi) is 6.42. The lowest BCUT2D eigenvalue weighted by atomic mass is 10.00. The van der Waals surface area contributed by atoms with Crippen molar-refractivity contribution in [1.82, 2.24) is 4.90 Å². The summed E-state index contributed by atoms with van der Waals surface area (Å²) in [5.74, 6) is -0.406. The highest BCUT2D eigenvalue weighted by molar-refractivity contribution is 6.47. The monoisotopic (exact) mass is 433 g/mol. The van der Waals surface area contributed by atoms with Crippen LogP contribution in [0.25, 0.3) is 0 Å². The first kappa shape index (κ1) is 22.2. The van der Waals surface area contributed by atoms with Crippen LogP contribution in [0, 0.1) is 13.8 Å². The highest BCUT2D eigenvalue weighted by atomic mass is 16.3. The number of hydrogen-bond acceptors (Lipinski definition) is 4. The molecule has 2 N–H and O–H groups in total. The Morgan fingerprint density at radius 3 is 2.34 bits per heavy atom. The molecule has 2 aromatic rings. The van der Waals surface area contributed by atoms with E-state index in [1.165, 1.54) is 5.56 Å². The zero-order valence-corrected chi connectivity index (χ0v) is 18.9. The van der Waals surface area contributed by atoms with Gasteiger partial charge in [0.05, 0.1) is 6.61 Å². The van der Waals surface area contributed by atoms with Gasteiger partial charge in [0.15, 0.2) is 0 Å². The molecule has 1 spiro atoms. The zero-order chi connectivity index (χ0) is 22.7. The first-order chi connectivity index (χ1) is 15.4. The normalized spacial score (nSPS) is 17.9. The number of rotatable bonds is 5. The molecule has 0 aromatic heterocycles. The summed E-state index contributed by atoms with van der Waals surface area (Å²) in [6, 6.07) is 13.1. The molecule has 6 nitrogen and oxygen atoms in total. The van der Waals surface area contributed by atoms with Gasteiger partial charge < -0.3 is 15.3 Å². The van der Waals surface area contributed by atoms with Gasteiger partial charge in [0.25, 0.3) is 5.91 Å². The van der Waals surface area contributed by atoms with Crippen LogP contribution >= 0.6 is 0 Å². The fourth-order valence-electron chi connectivity index (χ4n) is 4.65. The third-order valence-corrected chi connectivity index (χ3v) is 6.68. The average molecular weight is 434 g/mol. The number of hydrogen-bond donors (Lipinski definition) is 2. The van der Waals surface area contributed by atoms with Crippen LogP contribution in [-0.4, -0.2) is 39.7 Å². The summed E-state index contributed by atoms with van der Waals surface area (Å²) >= 11 is 0. The summed E-state index contributed by atoms with van der Waals surface area (Å²) in [6.07, 6.45) is 5.76. The molecule has 1 fully saturated rings. The molecule has 0 unspecified atom stereocenters. The number of aliphatic imine (C=N–C) groups is 1. The Balaban J connectivity index is 1.59. The number of aliphatic hydroxyl groups excluding tert-OH is 1. The van der Waals surface area contributed by atoms with Gasteiger partial charge in [0.2, 0.25) is 5.91 Å². The number of amides is 2. The molecule has 2 amide bonds. The standard InChI is InChI=1S/C26H31N3O3/c1-18-7-12-22(15-19(18)2)27-23(31)16-29-25(32)24(21-10-8-20(17-30)9-11-21)28-26(29)13-5-3-4-6-14-26/h7-12,15,30H,3-6,13-14,16-17H2,1-2H3,(H,27,31). The summed E-state index contributed by atoms with van der Waals surface area (Å²) in [7, 11) is 0. The van der Waals surface area contributed by atoms with Gasteiger partial charge in [0, 0.05) is 11.3 Å². The number of anilines is 1. The third kappa shape index (κ3) is 4.46. The molecule has 32 heavy (non-hydrogen) atoms. The number of nitrogens with one attached hydrogen (secondary N) is 1. The van der Waals surface area contributed by atoms with Crippen molar-refractivity contribution < 1.29 is 14.7 Å². The number of carbonyl (C=O) groups is 2. The van der Waals surface area contributed by atoms with Crippen molar-refractivity contribution in [3.8, 4) is 0 Å². The molecule has 1 heterocycles. The summed E-state index contributed by atoms with van der Waals surface area (Å²) in [6.45, 7) is 3.98. The highest BCUT2D eigenvalue weighted by Crippen LogP contribution is 2.38. The summed E-state index contributed by atoms with van der Waals surface area (Å²) in [5.41, 5.74) is 4.29. The van der Waals surface area contributed by atoms with Crippen molar-refractivity contribution >= 4 is 23.2 Å². The second kappa shape index (κ2) is 9.25. The third-order valence-electron chi connectivity index (χ3n) is 6.68. The van der Waals surface area contributed by atoms with E-state index in [0.717, 1.165) is 60.9 Å². The molecule has 0 radical (unpaired) electrons. The van der Waals surface area contributed by atoms with Gasteiger partial charge in [-0.25, -0.2) is 0 Å². The molecule has 1 aliphatic carbocycles. The molecule has 6 heteroatoms. The molecule has 2 aliphatic rings. The second-order valence-corrected chi connectivity index (χ2v) is 8.95. The Bertz CT molecular complexity index is 1030. The first-order valence-electron chi connectivity index (χ1n) is 11.4. The van der Waals surface area contributed by atoms with E-state index in [4.69, 9.17) is 4.99 Å². The van der Waals surface area contributed by atoms with Gasteiger partial charge in [0.1, 0.15) is 17.9 Å². The largest absolute Gasteiger partial charge is 0.392 e. The molecule has 0 atom stereocenters. The number of benzene rings is 2. The molecule has 1 saturated carbocycles. The van der Waals surface area contributed by atoms with Crippen LogP contribution in [0.15, 0.2) is 47.5 Å². The van der Waals surface area contributed by atoms with E-state index < -0.39 is 5.66 Å². The van der Waals surface area contributed by atoms with Crippen molar-refractivity contribution in [3.63, 3.8) is 0 Å². The van der Waals surface area contributed by atoms with Gasteiger partial charge in [-0.2, -0.15) is 0 Å². The minimum atomic E-state index is -0.654. The summed E-state index contributed by atoms with van der Waals surface area (Å²) < 4.78 is 0. The van der Waals surface area contributed by atoms with E-state index in [0.29, 0.717) is 5.71 Å². The molecule has 0 saturated heterocycles. The molecular formula is C26H31N3O3. The minimum Gasteiger partial charge on any atom is -0.392 e.